The van der Waals surface area contributed by atoms with Crippen LogP contribution in [0.5, 0.6) is 11.6 Å². The van der Waals surface area contributed by atoms with Gasteiger partial charge >= 0.3 is 18.2 Å². The number of carbonyl (C=O) groups is 4. The number of para-hydroxylation sites is 1. The number of likely N-dealkylation sites (tertiary alicyclic amines) is 1. The van der Waals surface area contributed by atoms with Gasteiger partial charge in [0.2, 0.25) is 17.7 Å². The van der Waals surface area contributed by atoms with E-state index in [0.29, 0.717) is 18.2 Å². The minimum absolute atomic E-state index is 0.0617. The number of fused-ring (bicyclic) bond motifs is 1. The van der Waals surface area contributed by atoms with Crippen molar-refractivity contribution in [3.8, 4) is 11.6 Å². The summed E-state index contributed by atoms with van der Waals surface area (Å²) in [5, 5.41) is 5.97. The van der Waals surface area contributed by atoms with Crippen LogP contribution in [0.1, 0.15) is 67.7 Å². The zero-order chi connectivity index (χ0) is 37.4. The van der Waals surface area contributed by atoms with Crippen molar-refractivity contribution in [2.24, 2.45) is 11.3 Å². The van der Waals surface area contributed by atoms with E-state index in [9.17, 15) is 32.3 Å². The van der Waals surface area contributed by atoms with Crippen molar-refractivity contribution in [3.63, 3.8) is 0 Å². The van der Waals surface area contributed by atoms with Crippen LogP contribution in [0.15, 0.2) is 24.3 Å². The normalized spacial score (nSPS) is 22.8. The summed E-state index contributed by atoms with van der Waals surface area (Å²) in [4.78, 5) is 59.5. The van der Waals surface area contributed by atoms with Crippen molar-refractivity contribution in [1.29, 1.82) is 0 Å². The zero-order valence-corrected chi connectivity index (χ0v) is 30.1. The van der Waals surface area contributed by atoms with Crippen LogP contribution in [0.25, 0.3) is 10.9 Å². The number of carbonyl (C=O) groups excluding carboxylic acids is 4. The van der Waals surface area contributed by atoms with Gasteiger partial charge in [0.25, 0.3) is 0 Å². The monoisotopic (exact) mass is 728 g/mol. The Morgan fingerprint density at radius 3 is 2.36 bits per heavy atom. The molecule has 50 heavy (non-hydrogen) atoms. The highest BCUT2D eigenvalue weighted by Crippen LogP contribution is 2.47. The van der Waals surface area contributed by atoms with Gasteiger partial charge in [-0.15, -0.1) is 0 Å². The molecule has 1 saturated heterocycles. The number of ether oxygens (including phenoxy) is 4. The number of pyridine rings is 1. The first kappa shape index (κ1) is 38.8. The largest absolute Gasteiger partial charge is 0.488 e. The highest BCUT2D eigenvalue weighted by atomic mass is 35.5. The molecule has 5 atom stereocenters. The molecule has 1 saturated carbocycles. The summed E-state index contributed by atoms with van der Waals surface area (Å²) in [7, 11) is 1.23. The second-order valence-electron chi connectivity index (χ2n) is 14.7. The van der Waals surface area contributed by atoms with Crippen molar-refractivity contribution < 1.29 is 51.3 Å². The maximum absolute atomic E-state index is 14.4. The second kappa shape index (κ2) is 14.3. The number of alkyl halides is 3. The highest BCUT2D eigenvalue weighted by Gasteiger charge is 2.62. The lowest BCUT2D eigenvalue weighted by molar-refractivity contribution is -0.154. The number of benzene rings is 1. The predicted molar refractivity (Wildman–Crippen MR) is 177 cm³/mol. The smallest absolute Gasteiger partial charge is 0.422 e. The minimum atomic E-state index is -4.64. The Bertz CT molecular complexity index is 1630. The summed E-state index contributed by atoms with van der Waals surface area (Å²) in [6, 6.07) is 3.58. The Labute approximate surface area is 293 Å². The zero-order valence-electron chi connectivity index (χ0n) is 29.3. The molecule has 4 rings (SSSR count). The van der Waals surface area contributed by atoms with Crippen LogP contribution in [0.3, 0.4) is 0 Å². The van der Waals surface area contributed by atoms with Crippen LogP contribution < -0.4 is 20.1 Å². The maximum atomic E-state index is 14.4. The lowest BCUT2D eigenvalue weighted by Crippen LogP contribution is -2.59. The molecule has 2 fully saturated rings. The molecule has 2 N–H and O–H groups in total. The predicted octanol–water partition coefficient (Wildman–Crippen LogP) is 5.57. The number of nitrogens with zero attached hydrogens (tertiary/aromatic N) is 2. The third kappa shape index (κ3) is 9.01. The van der Waals surface area contributed by atoms with E-state index in [0.717, 1.165) is 0 Å². The Hall–Kier alpha value is -4.01. The molecule has 1 aromatic heterocycles. The molecule has 16 heteroatoms. The number of nitrogens with one attached hydrogen (secondary N) is 2. The Kier molecular flexibility index (Phi) is 11.1. The van der Waals surface area contributed by atoms with Crippen LogP contribution in [0.4, 0.5) is 18.0 Å². The molecular formula is C34H44ClF3N4O8. The number of aromatic nitrogens is 1. The summed E-state index contributed by atoms with van der Waals surface area (Å²) in [6.45, 7) is 10.4. The van der Waals surface area contributed by atoms with E-state index in [1.54, 1.807) is 53.7 Å². The molecule has 1 aliphatic heterocycles. The maximum Gasteiger partial charge on any atom is 0.422 e. The molecule has 276 valence electrons. The second-order valence-corrected chi connectivity index (χ2v) is 15.1. The summed E-state index contributed by atoms with van der Waals surface area (Å²) in [5.41, 5.74) is -2.84. The first-order valence-electron chi connectivity index (χ1n) is 16.2. The van der Waals surface area contributed by atoms with Crippen LogP contribution in [-0.2, 0) is 23.9 Å². The SMILES string of the molecule is CCC1CC1(NC(=O)C1CC(Oc2cc(OCC(F)(F)F)nc3c(Cl)cccc23)CN1C(=O)C(NC(=O)OC(C)(C)C)C(C)(C)C)C(=O)OC. The fourth-order valence-corrected chi connectivity index (χ4v) is 6.26. The van der Waals surface area contributed by atoms with E-state index in [2.05, 4.69) is 15.6 Å². The van der Waals surface area contributed by atoms with Crippen molar-refractivity contribution in [1.82, 2.24) is 20.5 Å². The van der Waals surface area contributed by atoms with Gasteiger partial charge in [-0.05, 0) is 50.7 Å². The topological polar surface area (TPSA) is 145 Å². The number of halogens is 4. The Morgan fingerprint density at radius 2 is 1.80 bits per heavy atom. The van der Waals surface area contributed by atoms with E-state index >= 15 is 0 Å². The number of alkyl carbamates (subject to hydrolysis) is 1. The fraction of sp³-hybridized carbons (Fsp3) is 0.618. The average Bonchev–Trinajstić information content (AvgIpc) is 3.55. The van der Waals surface area contributed by atoms with Gasteiger partial charge in [0.15, 0.2) is 6.61 Å². The first-order chi connectivity index (χ1) is 23.1. The first-order valence-corrected chi connectivity index (χ1v) is 16.6. The van der Waals surface area contributed by atoms with Crippen LogP contribution >= 0.6 is 11.6 Å². The third-order valence-electron chi connectivity index (χ3n) is 8.52. The summed E-state index contributed by atoms with van der Waals surface area (Å²) < 4.78 is 60.6. The van der Waals surface area contributed by atoms with Gasteiger partial charge < -0.3 is 34.5 Å². The van der Waals surface area contributed by atoms with Gasteiger partial charge in [0.1, 0.15) is 35.1 Å². The van der Waals surface area contributed by atoms with Crippen LogP contribution in [0, 0.1) is 11.3 Å². The quantitative estimate of drug-likeness (QED) is 0.300. The lowest BCUT2D eigenvalue weighted by atomic mass is 9.85. The molecule has 2 aromatic rings. The van der Waals surface area contributed by atoms with Gasteiger partial charge in [-0.25, -0.2) is 14.6 Å². The molecule has 5 unspecified atom stereocenters. The molecule has 0 spiro atoms. The molecule has 0 radical (unpaired) electrons. The van der Waals surface area contributed by atoms with Crippen molar-refractivity contribution in [3.05, 3.63) is 29.3 Å². The molecule has 1 aliphatic carbocycles. The van der Waals surface area contributed by atoms with Crippen LogP contribution in [-0.4, -0.2) is 89.5 Å². The summed E-state index contributed by atoms with van der Waals surface area (Å²) in [6.07, 6.45) is -5.47. The fourth-order valence-electron chi connectivity index (χ4n) is 6.04. The molecule has 3 amide bonds. The number of hydrogen-bond donors (Lipinski definition) is 2. The molecule has 1 aromatic carbocycles. The van der Waals surface area contributed by atoms with Gasteiger partial charge in [0.05, 0.1) is 24.2 Å². The standard InChI is InChI=1S/C34H44ClF3N4O8/c1-9-18-15-33(18,29(45)47-8)41-27(43)22-13-19(16-42(22)28(44)26(31(2,3)4)40-30(46)50-32(5,6)7)49-23-14-24(48-17-34(36,37)38)39-25-20(23)11-10-12-21(25)35/h10-12,14,18-19,22,26H,9,13,15-17H2,1-8H3,(H,40,46)(H,41,43). The van der Waals surface area contributed by atoms with E-state index in [1.165, 1.54) is 24.1 Å². The van der Waals surface area contributed by atoms with Crippen molar-refractivity contribution >= 4 is 46.4 Å². The minimum Gasteiger partial charge on any atom is -0.488 e. The van der Waals surface area contributed by atoms with Crippen molar-refractivity contribution in [2.75, 3.05) is 20.3 Å². The van der Waals surface area contributed by atoms with E-state index in [4.69, 9.17) is 30.5 Å². The number of hydrogen-bond acceptors (Lipinski definition) is 9. The highest BCUT2D eigenvalue weighted by molar-refractivity contribution is 6.35. The Balaban J connectivity index is 1.70. The Morgan fingerprint density at radius 1 is 1.12 bits per heavy atom. The molecule has 2 aliphatic rings. The number of amides is 3. The van der Waals surface area contributed by atoms with Gasteiger partial charge in [-0.2, -0.15) is 13.2 Å². The summed E-state index contributed by atoms with van der Waals surface area (Å²) in [5.74, 6) is -2.35. The average molecular weight is 729 g/mol. The van der Waals surface area contributed by atoms with Gasteiger partial charge in [-0.1, -0.05) is 51.8 Å². The summed E-state index contributed by atoms with van der Waals surface area (Å²) >= 11 is 6.34. The van der Waals surface area contributed by atoms with Crippen molar-refractivity contribution in [2.45, 2.75) is 103 Å². The number of methoxy groups -OCH3 is 1. The number of esters is 1. The van der Waals surface area contributed by atoms with E-state index < -0.39 is 77.3 Å². The lowest BCUT2D eigenvalue weighted by Gasteiger charge is -2.36. The molecule has 0 bridgehead atoms. The number of rotatable bonds is 10. The van der Waals surface area contributed by atoms with Gasteiger partial charge in [-0.3, -0.25) is 9.59 Å². The molecule has 2 heterocycles. The molecular weight excluding hydrogens is 685 g/mol. The van der Waals surface area contributed by atoms with Crippen LogP contribution in [0.2, 0.25) is 5.02 Å². The third-order valence-corrected chi connectivity index (χ3v) is 8.83. The van der Waals surface area contributed by atoms with E-state index in [1.807, 2.05) is 6.92 Å². The van der Waals surface area contributed by atoms with Gasteiger partial charge in [0, 0.05) is 17.9 Å². The molecule has 12 nitrogen and oxygen atoms in total. The van der Waals surface area contributed by atoms with E-state index in [-0.39, 0.29) is 35.2 Å².